The topological polar surface area (TPSA) is 44.3 Å². The molecule has 6 heteroatoms. The van der Waals surface area contributed by atoms with Gasteiger partial charge in [0.2, 0.25) is 5.95 Å². The Bertz CT molecular complexity index is 463. The number of piperazine rings is 1. The molecule has 0 amide bonds. The molecule has 1 aromatic rings. The summed E-state index contributed by atoms with van der Waals surface area (Å²) in [6.45, 7) is 9.61. The lowest BCUT2D eigenvalue weighted by Gasteiger charge is -2.45. The zero-order valence-corrected chi connectivity index (χ0v) is 12.8. The standard InChI is InChI=1S/C14H24FN5/c1-5-6-16-13-17-9-11(15)12(18-13)20-8-7-19(4)14(2,3)10-20/h9H,5-8,10H2,1-4H3,(H,16,17,18). The van der Waals surface area contributed by atoms with Crippen LogP contribution in [0.1, 0.15) is 27.2 Å². The molecule has 0 aromatic carbocycles. The van der Waals surface area contributed by atoms with Crippen LogP contribution >= 0.6 is 0 Å². The molecule has 2 rings (SSSR count). The second-order valence-corrected chi connectivity index (χ2v) is 5.95. The minimum atomic E-state index is -0.354. The summed E-state index contributed by atoms with van der Waals surface area (Å²) < 4.78 is 14.0. The molecule has 5 nitrogen and oxygen atoms in total. The first-order chi connectivity index (χ1) is 9.44. The first-order valence-corrected chi connectivity index (χ1v) is 7.16. The SMILES string of the molecule is CCCNc1ncc(F)c(N2CCN(C)C(C)(C)C2)n1. The van der Waals surface area contributed by atoms with Crippen molar-refractivity contribution in [2.24, 2.45) is 0 Å². The zero-order valence-electron chi connectivity index (χ0n) is 12.8. The summed E-state index contributed by atoms with van der Waals surface area (Å²) in [7, 11) is 2.10. The third-order valence-electron chi connectivity index (χ3n) is 3.87. The van der Waals surface area contributed by atoms with Gasteiger partial charge in [-0.15, -0.1) is 0 Å². The molecule has 1 saturated heterocycles. The van der Waals surface area contributed by atoms with Gasteiger partial charge >= 0.3 is 0 Å². The summed E-state index contributed by atoms with van der Waals surface area (Å²) in [5.74, 6) is 0.548. The van der Waals surface area contributed by atoms with E-state index in [9.17, 15) is 4.39 Å². The second-order valence-electron chi connectivity index (χ2n) is 5.95. The van der Waals surface area contributed by atoms with Crippen LogP contribution in [0.2, 0.25) is 0 Å². The Balaban J connectivity index is 2.19. The maximum Gasteiger partial charge on any atom is 0.224 e. The van der Waals surface area contributed by atoms with Crippen molar-refractivity contribution in [2.75, 3.05) is 43.4 Å². The van der Waals surface area contributed by atoms with Gasteiger partial charge in [0.05, 0.1) is 6.20 Å². The Morgan fingerprint density at radius 2 is 2.15 bits per heavy atom. The van der Waals surface area contributed by atoms with Crippen LogP contribution in [0.5, 0.6) is 0 Å². The Morgan fingerprint density at radius 3 is 2.80 bits per heavy atom. The third-order valence-corrected chi connectivity index (χ3v) is 3.87. The predicted molar refractivity (Wildman–Crippen MR) is 79.7 cm³/mol. The van der Waals surface area contributed by atoms with E-state index in [1.807, 2.05) is 4.90 Å². The number of aromatic nitrogens is 2. The molecule has 0 radical (unpaired) electrons. The Hall–Kier alpha value is -1.43. The van der Waals surface area contributed by atoms with E-state index in [4.69, 9.17) is 0 Å². The first-order valence-electron chi connectivity index (χ1n) is 7.16. The largest absolute Gasteiger partial charge is 0.354 e. The van der Waals surface area contributed by atoms with Gasteiger partial charge in [0, 0.05) is 31.7 Å². The van der Waals surface area contributed by atoms with Crippen molar-refractivity contribution in [3.63, 3.8) is 0 Å². The maximum atomic E-state index is 14.0. The predicted octanol–water partition coefficient (Wildman–Crippen LogP) is 1.97. The van der Waals surface area contributed by atoms with Crippen LogP contribution in [0.4, 0.5) is 16.2 Å². The highest BCUT2D eigenvalue weighted by Gasteiger charge is 2.32. The highest BCUT2D eigenvalue weighted by Crippen LogP contribution is 2.25. The molecule has 0 spiro atoms. The number of hydrogen-bond donors (Lipinski definition) is 1. The monoisotopic (exact) mass is 281 g/mol. The van der Waals surface area contributed by atoms with E-state index in [1.54, 1.807) is 0 Å². The van der Waals surface area contributed by atoms with Gasteiger partial charge < -0.3 is 10.2 Å². The number of nitrogens with zero attached hydrogens (tertiary/aromatic N) is 4. The fourth-order valence-corrected chi connectivity index (χ4v) is 2.32. The zero-order chi connectivity index (χ0) is 14.8. The van der Waals surface area contributed by atoms with E-state index in [2.05, 4.69) is 48.0 Å². The van der Waals surface area contributed by atoms with Gasteiger partial charge in [-0.05, 0) is 27.3 Å². The van der Waals surface area contributed by atoms with Crippen molar-refractivity contribution >= 4 is 11.8 Å². The molecule has 20 heavy (non-hydrogen) atoms. The van der Waals surface area contributed by atoms with Crippen molar-refractivity contribution in [3.8, 4) is 0 Å². The van der Waals surface area contributed by atoms with E-state index < -0.39 is 0 Å². The number of hydrogen-bond acceptors (Lipinski definition) is 5. The van der Waals surface area contributed by atoms with Crippen LogP contribution in [-0.4, -0.2) is 53.6 Å². The Kier molecular flexibility index (Phi) is 4.42. The summed E-state index contributed by atoms with van der Waals surface area (Å²) in [5.41, 5.74) is 0.00660. The lowest BCUT2D eigenvalue weighted by atomic mass is 10.00. The average molecular weight is 281 g/mol. The first kappa shape index (κ1) is 15.0. The smallest absolute Gasteiger partial charge is 0.224 e. The van der Waals surface area contributed by atoms with Gasteiger partial charge in [-0.1, -0.05) is 6.92 Å². The van der Waals surface area contributed by atoms with Gasteiger partial charge in [0.15, 0.2) is 11.6 Å². The highest BCUT2D eigenvalue weighted by atomic mass is 19.1. The maximum absolute atomic E-state index is 14.0. The molecular weight excluding hydrogens is 257 g/mol. The summed E-state index contributed by atoms with van der Waals surface area (Å²) in [6, 6.07) is 0. The van der Waals surface area contributed by atoms with Crippen molar-refractivity contribution in [1.82, 2.24) is 14.9 Å². The van der Waals surface area contributed by atoms with E-state index in [0.717, 1.165) is 32.6 Å². The van der Waals surface area contributed by atoms with Crippen molar-refractivity contribution in [2.45, 2.75) is 32.7 Å². The summed E-state index contributed by atoms with van der Waals surface area (Å²) in [6.07, 6.45) is 2.24. The molecule has 1 aliphatic heterocycles. The van der Waals surface area contributed by atoms with Gasteiger partial charge in [0.25, 0.3) is 0 Å². The van der Waals surface area contributed by atoms with Gasteiger partial charge in [0.1, 0.15) is 0 Å². The minimum Gasteiger partial charge on any atom is -0.354 e. The van der Waals surface area contributed by atoms with Crippen LogP contribution in [-0.2, 0) is 0 Å². The average Bonchev–Trinajstić information content (AvgIpc) is 2.41. The van der Waals surface area contributed by atoms with Crippen molar-refractivity contribution in [1.29, 1.82) is 0 Å². The molecule has 0 saturated carbocycles. The van der Waals surface area contributed by atoms with Crippen LogP contribution in [0, 0.1) is 5.82 Å². The van der Waals surface area contributed by atoms with Crippen LogP contribution in [0.25, 0.3) is 0 Å². The molecule has 1 fully saturated rings. The number of rotatable bonds is 4. The Labute approximate surface area is 120 Å². The third kappa shape index (κ3) is 3.17. The van der Waals surface area contributed by atoms with E-state index in [-0.39, 0.29) is 11.4 Å². The molecule has 1 aliphatic rings. The molecule has 112 valence electrons. The molecule has 0 unspecified atom stereocenters. The molecule has 1 aromatic heterocycles. The lowest BCUT2D eigenvalue weighted by Crippen LogP contribution is -2.58. The van der Waals surface area contributed by atoms with Gasteiger partial charge in [-0.25, -0.2) is 9.37 Å². The molecule has 0 bridgehead atoms. The quantitative estimate of drug-likeness (QED) is 0.914. The Morgan fingerprint density at radius 1 is 1.40 bits per heavy atom. The van der Waals surface area contributed by atoms with Crippen molar-refractivity contribution in [3.05, 3.63) is 12.0 Å². The van der Waals surface area contributed by atoms with E-state index >= 15 is 0 Å². The van der Waals surface area contributed by atoms with Gasteiger partial charge in [-0.2, -0.15) is 4.98 Å². The summed E-state index contributed by atoms with van der Waals surface area (Å²) in [4.78, 5) is 12.6. The molecule has 2 heterocycles. The number of anilines is 2. The van der Waals surface area contributed by atoms with Crippen LogP contribution in [0.15, 0.2) is 6.20 Å². The lowest BCUT2D eigenvalue weighted by molar-refractivity contribution is 0.138. The van der Waals surface area contributed by atoms with Crippen LogP contribution < -0.4 is 10.2 Å². The summed E-state index contributed by atoms with van der Waals surface area (Å²) >= 11 is 0. The van der Waals surface area contributed by atoms with Crippen LogP contribution in [0.3, 0.4) is 0 Å². The molecule has 1 N–H and O–H groups in total. The number of likely N-dealkylation sites (N-methyl/N-ethyl adjacent to an activating group) is 1. The fraction of sp³-hybridized carbons (Fsp3) is 0.714. The molecular formula is C14H24FN5. The van der Waals surface area contributed by atoms with E-state index in [0.29, 0.717) is 11.8 Å². The summed E-state index contributed by atoms with van der Waals surface area (Å²) in [5, 5.41) is 3.10. The number of halogens is 1. The van der Waals surface area contributed by atoms with E-state index in [1.165, 1.54) is 6.20 Å². The molecule has 0 aliphatic carbocycles. The van der Waals surface area contributed by atoms with Gasteiger partial charge in [-0.3, -0.25) is 4.90 Å². The second kappa shape index (κ2) is 5.91. The van der Waals surface area contributed by atoms with Crippen molar-refractivity contribution < 1.29 is 4.39 Å². The minimum absolute atomic E-state index is 0.00660. The normalized spacial score (nSPS) is 19.1. The molecule has 0 atom stereocenters. The fourth-order valence-electron chi connectivity index (χ4n) is 2.32. The number of nitrogens with one attached hydrogen (secondary N) is 1. The highest BCUT2D eigenvalue weighted by molar-refractivity contribution is 5.45.